The molecular formula is C20H24O7. The Morgan fingerprint density at radius 3 is 2.67 bits per heavy atom. The number of aliphatic hydroxyl groups excluding tert-OH is 2. The van der Waals surface area contributed by atoms with Crippen molar-refractivity contribution in [3.8, 4) is 0 Å². The monoisotopic (exact) mass is 376 g/mol. The first-order valence-corrected chi connectivity index (χ1v) is 8.78. The van der Waals surface area contributed by atoms with Crippen LogP contribution in [0.5, 0.6) is 0 Å². The quantitative estimate of drug-likeness (QED) is 0.568. The Hall–Kier alpha value is -2.64. The third kappa shape index (κ3) is 8.06. The van der Waals surface area contributed by atoms with Crippen LogP contribution in [-0.2, 0) is 14.3 Å². The Balaban J connectivity index is 1.87. The number of esters is 1. The van der Waals surface area contributed by atoms with Gasteiger partial charge >= 0.3 is 12.1 Å². The van der Waals surface area contributed by atoms with Gasteiger partial charge in [0.25, 0.3) is 0 Å². The first-order chi connectivity index (χ1) is 12.9. The van der Waals surface area contributed by atoms with Gasteiger partial charge in [0.15, 0.2) is 0 Å². The maximum absolute atomic E-state index is 11.2. The predicted octanol–water partition coefficient (Wildman–Crippen LogP) is 2.53. The van der Waals surface area contributed by atoms with E-state index < -0.39 is 36.5 Å². The van der Waals surface area contributed by atoms with Gasteiger partial charge in [-0.15, -0.1) is 0 Å². The highest BCUT2D eigenvalue weighted by molar-refractivity contribution is 5.82. The highest BCUT2D eigenvalue weighted by Gasteiger charge is 2.25. The summed E-state index contributed by atoms with van der Waals surface area (Å²) < 4.78 is 9.88. The molecule has 27 heavy (non-hydrogen) atoms. The Bertz CT molecular complexity index is 668. The molecule has 0 unspecified atom stereocenters. The highest BCUT2D eigenvalue weighted by atomic mass is 16.7. The van der Waals surface area contributed by atoms with Crippen LogP contribution >= 0.6 is 0 Å². The minimum Gasteiger partial charge on any atom is -0.459 e. The average molecular weight is 376 g/mol. The summed E-state index contributed by atoms with van der Waals surface area (Å²) in [5, 5.41) is 29.2. The molecule has 146 valence electrons. The van der Waals surface area contributed by atoms with Crippen LogP contribution in [0.15, 0.2) is 48.6 Å². The van der Waals surface area contributed by atoms with E-state index in [4.69, 9.17) is 14.6 Å². The van der Waals surface area contributed by atoms with Crippen LogP contribution in [0.25, 0.3) is 6.08 Å². The Morgan fingerprint density at radius 1 is 1.26 bits per heavy atom. The number of rotatable bonds is 9. The number of cyclic esters (lactones) is 1. The van der Waals surface area contributed by atoms with Gasteiger partial charge in [-0.05, 0) is 5.56 Å². The molecule has 0 bridgehead atoms. The van der Waals surface area contributed by atoms with Crippen molar-refractivity contribution >= 4 is 18.2 Å². The van der Waals surface area contributed by atoms with Crippen molar-refractivity contribution in [2.75, 3.05) is 0 Å². The Morgan fingerprint density at radius 2 is 2.00 bits per heavy atom. The van der Waals surface area contributed by atoms with Crippen LogP contribution < -0.4 is 0 Å². The fraction of sp³-hybridized carbons (Fsp3) is 0.400. The summed E-state index contributed by atoms with van der Waals surface area (Å²) in [4.78, 5) is 22.1. The third-order valence-electron chi connectivity index (χ3n) is 4.09. The lowest BCUT2D eigenvalue weighted by Gasteiger charge is -2.24. The van der Waals surface area contributed by atoms with Crippen molar-refractivity contribution in [3.63, 3.8) is 0 Å². The van der Waals surface area contributed by atoms with E-state index >= 15 is 0 Å². The molecule has 1 aromatic rings. The molecule has 0 aromatic heterocycles. The topological polar surface area (TPSA) is 113 Å². The second-order valence-corrected chi connectivity index (χ2v) is 6.40. The molecule has 0 fully saturated rings. The summed E-state index contributed by atoms with van der Waals surface area (Å²) in [5.74, 6) is -0.460. The lowest BCUT2D eigenvalue weighted by atomic mass is 9.99. The maximum atomic E-state index is 11.2. The van der Waals surface area contributed by atoms with E-state index in [1.807, 2.05) is 30.3 Å². The standard InChI is InChI=1S/C20H24O7/c21-15(10-9-14-5-2-1-3-6-14)11-18(27-20(24)25)13-16(22)12-17-7-4-8-19(23)26-17/h1-6,8-10,15-18,21-22H,7,11-13H2,(H,24,25)/b10-9+/t15-,16+,17-,18+/m1/s1. The molecule has 0 spiro atoms. The predicted molar refractivity (Wildman–Crippen MR) is 97.9 cm³/mol. The molecule has 1 aromatic carbocycles. The smallest absolute Gasteiger partial charge is 0.459 e. The van der Waals surface area contributed by atoms with Crippen LogP contribution in [0.3, 0.4) is 0 Å². The van der Waals surface area contributed by atoms with Gasteiger partial charge in [0.2, 0.25) is 0 Å². The maximum Gasteiger partial charge on any atom is 0.506 e. The van der Waals surface area contributed by atoms with Crippen molar-refractivity contribution in [2.24, 2.45) is 0 Å². The molecule has 2 rings (SSSR count). The molecule has 0 radical (unpaired) electrons. The molecular weight excluding hydrogens is 352 g/mol. The van der Waals surface area contributed by atoms with Gasteiger partial charge in [-0.2, -0.15) is 0 Å². The SMILES string of the molecule is O=C(O)O[C@H](C[C@@H](O)C[C@H]1CC=CC(=O)O1)C[C@H](O)/C=C/c1ccccc1. The number of carboxylic acid groups (broad SMARTS) is 1. The third-order valence-corrected chi connectivity index (χ3v) is 4.09. The van der Waals surface area contributed by atoms with E-state index in [9.17, 15) is 19.8 Å². The number of carbonyl (C=O) groups excluding carboxylic acids is 1. The van der Waals surface area contributed by atoms with Crippen molar-refractivity contribution in [2.45, 2.75) is 50.1 Å². The van der Waals surface area contributed by atoms with Crippen molar-refractivity contribution < 1.29 is 34.4 Å². The van der Waals surface area contributed by atoms with Gasteiger partial charge in [-0.3, -0.25) is 0 Å². The molecule has 1 aliphatic rings. The van der Waals surface area contributed by atoms with Crippen LogP contribution in [-0.4, -0.2) is 51.9 Å². The molecule has 7 nitrogen and oxygen atoms in total. The van der Waals surface area contributed by atoms with Gasteiger partial charge in [0.1, 0.15) is 12.2 Å². The van der Waals surface area contributed by atoms with E-state index in [1.54, 1.807) is 18.2 Å². The van der Waals surface area contributed by atoms with E-state index in [1.165, 1.54) is 6.08 Å². The van der Waals surface area contributed by atoms with E-state index in [0.717, 1.165) is 5.56 Å². The molecule has 4 atom stereocenters. The van der Waals surface area contributed by atoms with Gasteiger partial charge in [-0.25, -0.2) is 9.59 Å². The molecule has 0 saturated carbocycles. The summed E-state index contributed by atoms with van der Waals surface area (Å²) in [6.45, 7) is 0. The number of carbonyl (C=O) groups is 2. The fourth-order valence-corrected chi connectivity index (χ4v) is 2.88. The van der Waals surface area contributed by atoms with E-state index in [-0.39, 0.29) is 19.3 Å². The molecule has 0 amide bonds. The molecule has 1 heterocycles. The first kappa shape index (κ1) is 20.7. The second-order valence-electron chi connectivity index (χ2n) is 6.40. The van der Waals surface area contributed by atoms with Crippen molar-refractivity contribution in [3.05, 3.63) is 54.1 Å². The van der Waals surface area contributed by atoms with Crippen LogP contribution in [0.4, 0.5) is 4.79 Å². The average Bonchev–Trinajstić information content (AvgIpc) is 2.60. The van der Waals surface area contributed by atoms with Gasteiger partial charge in [0.05, 0.1) is 12.2 Å². The molecule has 0 aliphatic carbocycles. The lowest BCUT2D eigenvalue weighted by Crippen LogP contribution is -2.30. The zero-order chi connectivity index (χ0) is 19.6. The van der Waals surface area contributed by atoms with Gasteiger partial charge in [-0.1, -0.05) is 48.6 Å². The van der Waals surface area contributed by atoms with Crippen molar-refractivity contribution in [1.29, 1.82) is 0 Å². The summed E-state index contributed by atoms with van der Waals surface area (Å²) in [7, 11) is 0. The fourth-order valence-electron chi connectivity index (χ4n) is 2.88. The summed E-state index contributed by atoms with van der Waals surface area (Å²) in [6.07, 6.45) is 2.29. The van der Waals surface area contributed by atoms with E-state index in [0.29, 0.717) is 6.42 Å². The zero-order valence-electron chi connectivity index (χ0n) is 14.8. The molecule has 0 saturated heterocycles. The highest BCUT2D eigenvalue weighted by Crippen LogP contribution is 2.19. The summed E-state index contributed by atoms with van der Waals surface area (Å²) >= 11 is 0. The van der Waals surface area contributed by atoms with Crippen LogP contribution in [0.1, 0.15) is 31.2 Å². The number of benzene rings is 1. The summed E-state index contributed by atoms with van der Waals surface area (Å²) in [6, 6.07) is 9.36. The molecule has 7 heteroatoms. The summed E-state index contributed by atoms with van der Waals surface area (Å²) in [5.41, 5.74) is 0.902. The van der Waals surface area contributed by atoms with E-state index in [2.05, 4.69) is 0 Å². The largest absolute Gasteiger partial charge is 0.506 e. The zero-order valence-corrected chi connectivity index (χ0v) is 14.8. The Labute approximate surface area is 157 Å². The van der Waals surface area contributed by atoms with Crippen LogP contribution in [0.2, 0.25) is 0 Å². The second kappa shape index (κ2) is 10.5. The minimum atomic E-state index is -1.47. The lowest BCUT2D eigenvalue weighted by molar-refractivity contribution is -0.145. The first-order valence-electron chi connectivity index (χ1n) is 8.78. The molecule has 1 aliphatic heterocycles. The number of ether oxygens (including phenoxy) is 2. The van der Waals surface area contributed by atoms with Crippen LogP contribution in [0, 0.1) is 0 Å². The number of hydrogen-bond acceptors (Lipinski definition) is 6. The minimum absolute atomic E-state index is 0.000299. The number of aliphatic hydroxyl groups is 2. The van der Waals surface area contributed by atoms with Gasteiger partial charge in [0, 0.05) is 31.8 Å². The Kier molecular flexibility index (Phi) is 8.03. The van der Waals surface area contributed by atoms with Crippen molar-refractivity contribution in [1.82, 2.24) is 0 Å². The number of hydrogen-bond donors (Lipinski definition) is 3. The normalized spacial score (nSPS) is 20.1. The van der Waals surface area contributed by atoms with Gasteiger partial charge < -0.3 is 24.8 Å². The molecule has 3 N–H and O–H groups in total.